The Morgan fingerprint density at radius 3 is 1.67 bits per heavy atom. The minimum Gasteiger partial charge on any atom is -0.192 e. The van der Waals surface area contributed by atoms with Gasteiger partial charge in [0.15, 0.2) is 0 Å². The number of hydrogen-bond donors (Lipinski definition) is 0. The number of nitriles is 2. The van der Waals surface area contributed by atoms with Gasteiger partial charge in [0.2, 0.25) is 0 Å². The van der Waals surface area contributed by atoms with Crippen molar-refractivity contribution in [3.05, 3.63) is 12.2 Å². The molecule has 0 aliphatic heterocycles. The SMILES string of the molecule is C=C(C#N)C#N. The van der Waals surface area contributed by atoms with Gasteiger partial charge in [-0.2, -0.15) is 10.5 Å². The van der Waals surface area contributed by atoms with Crippen LogP contribution >= 0.6 is 0 Å². The Labute approximate surface area is 35.9 Å². The maximum Gasteiger partial charge on any atom is 0.122 e. The van der Waals surface area contributed by atoms with E-state index in [1.165, 1.54) is 0 Å². The van der Waals surface area contributed by atoms with Gasteiger partial charge in [-0.3, -0.25) is 0 Å². The number of rotatable bonds is 0. The smallest absolute Gasteiger partial charge is 0.122 e. The molecule has 2 nitrogen and oxygen atoms in total. The van der Waals surface area contributed by atoms with E-state index in [4.69, 9.17) is 10.5 Å². The van der Waals surface area contributed by atoms with Crippen LogP contribution in [0.15, 0.2) is 12.2 Å². The predicted octanol–water partition coefficient (Wildman–Crippen LogP) is 0.590. The molecule has 0 aromatic heterocycles. The van der Waals surface area contributed by atoms with Crippen LogP contribution in [0.3, 0.4) is 0 Å². The Morgan fingerprint density at radius 1 is 1.33 bits per heavy atom. The van der Waals surface area contributed by atoms with Gasteiger partial charge in [0, 0.05) is 0 Å². The summed E-state index contributed by atoms with van der Waals surface area (Å²) in [4.78, 5) is 0. The summed E-state index contributed by atoms with van der Waals surface area (Å²) >= 11 is 0. The Bertz CT molecular complexity index is 117. The predicted molar refractivity (Wildman–Crippen MR) is 20.4 cm³/mol. The molecule has 0 radical (unpaired) electrons. The first-order valence-corrected chi connectivity index (χ1v) is 1.30. The number of hydrogen-bond acceptors (Lipinski definition) is 2. The van der Waals surface area contributed by atoms with Crippen molar-refractivity contribution in [2.75, 3.05) is 0 Å². The molecule has 28 valence electrons. The van der Waals surface area contributed by atoms with Gasteiger partial charge in [0.1, 0.15) is 17.7 Å². The molecule has 0 spiro atoms. The summed E-state index contributed by atoms with van der Waals surface area (Å²) in [7, 11) is 0. The molecular weight excluding hydrogens is 76.1 g/mol. The summed E-state index contributed by atoms with van der Waals surface area (Å²) < 4.78 is 0. The van der Waals surface area contributed by atoms with E-state index in [2.05, 4.69) is 6.58 Å². The molecule has 0 aliphatic carbocycles. The van der Waals surface area contributed by atoms with E-state index >= 15 is 0 Å². The highest BCUT2D eigenvalue weighted by molar-refractivity contribution is 5.31. The second-order valence-corrected chi connectivity index (χ2v) is 0.702. The highest BCUT2D eigenvalue weighted by Gasteiger charge is 1.76. The minimum atomic E-state index is -0.0463. The summed E-state index contributed by atoms with van der Waals surface area (Å²) in [5.74, 6) is 0. The van der Waals surface area contributed by atoms with Gasteiger partial charge in [0.25, 0.3) is 0 Å². The van der Waals surface area contributed by atoms with Crippen molar-refractivity contribution in [2.45, 2.75) is 0 Å². The van der Waals surface area contributed by atoms with E-state index < -0.39 is 0 Å². The summed E-state index contributed by atoms with van der Waals surface area (Å²) in [6.45, 7) is 3.07. The maximum absolute atomic E-state index is 7.76. The van der Waals surface area contributed by atoms with E-state index in [-0.39, 0.29) is 5.57 Å². The van der Waals surface area contributed by atoms with Crippen molar-refractivity contribution in [2.24, 2.45) is 0 Å². The van der Waals surface area contributed by atoms with Gasteiger partial charge < -0.3 is 0 Å². The lowest BCUT2D eigenvalue weighted by molar-refractivity contribution is 1.47. The maximum atomic E-state index is 7.76. The van der Waals surface area contributed by atoms with Crippen LogP contribution in [0, 0.1) is 22.7 Å². The van der Waals surface area contributed by atoms with E-state index in [0.29, 0.717) is 0 Å². The summed E-state index contributed by atoms with van der Waals surface area (Å²) in [5.41, 5.74) is -0.0463. The second-order valence-electron chi connectivity index (χ2n) is 0.702. The molecule has 6 heavy (non-hydrogen) atoms. The second kappa shape index (κ2) is 1.99. The third-order valence-electron chi connectivity index (χ3n) is 0.270. The van der Waals surface area contributed by atoms with Gasteiger partial charge >= 0.3 is 0 Å². The minimum absolute atomic E-state index is 0.0463. The van der Waals surface area contributed by atoms with Crippen molar-refractivity contribution < 1.29 is 0 Å². The number of nitrogens with zero attached hydrogens (tertiary/aromatic N) is 2. The Kier molecular flexibility index (Phi) is 1.56. The highest BCUT2D eigenvalue weighted by atomic mass is 14.3. The van der Waals surface area contributed by atoms with Crippen LogP contribution < -0.4 is 0 Å². The van der Waals surface area contributed by atoms with Crippen LogP contribution in [0.4, 0.5) is 0 Å². The van der Waals surface area contributed by atoms with Crippen molar-refractivity contribution in [1.29, 1.82) is 10.5 Å². The van der Waals surface area contributed by atoms with Crippen molar-refractivity contribution in [1.82, 2.24) is 0 Å². The lowest BCUT2D eigenvalue weighted by Crippen LogP contribution is -1.58. The number of allylic oxidation sites excluding steroid dienone is 1. The molecule has 0 atom stereocenters. The molecule has 0 bridgehead atoms. The van der Waals surface area contributed by atoms with Crippen molar-refractivity contribution in [3.8, 4) is 12.1 Å². The molecule has 0 heterocycles. The van der Waals surface area contributed by atoms with Crippen LogP contribution in [-0.2, 0) is 0 Å². The van der Waals surface area contributed by atoms with Crippen LogP contribution in [0.2, 0.25) is 0 Å². The van der Waals surface area contributed by atoms with Gasteiger partial charge in [0.05, 0.1) is 0 Å². The van der Waals surface area contributed by atoms with Gasteiger partial charge in [-0.15, -0.1) is 0 Å². The van der Waals surface area contributed by atoms with Crippen LogP contribution in [0.5, 0.6) is 0 Å². The molecular formula is C4H2N2. The average Bonchev–Trinajstić information content (AvgIpc) is 1.65. The van der Waals surface area contributed by atoms with Gasteiger partial charge in [-0.05, 0) is 0 Å². The van der Waals surface area contributed by atoms with Gasteiger partial charge in [-0.1, -0.05) is 6.58 Å². The molecule has 0 rings (SSSR count). The van der Waals surface area contributed by atoms with E-state index in [1.807, 2.05) is 0 Å². The zero-order chi connectivity index (χ0) is 4.99. The van der Waals surface area contributed by atoms with E-state index in [0.717, 1.165) is 0 Å². The van der Waals surface area contributed by atoms with Crippen LogP contribution in [0.25, 0.3) is 0 Å². The third-order valence-corrected chi connectivity index (χ3v) is 0.270. The van der Waals surface area contributed by atoms with Crippen LogP contribution in [0.1, 0.15) is 0 Å². The lowest BCUT2D eigenvalue weighted by atomic mass is 10.4. The fourth-order valence-electron chi connectivity index (χ4n) is 0.0250. The molecule has 0 amide bonds. The van der Waals surface area contributed by atoms with Gasteiger partial charge in [-0.25, -0.2) is 0 Å². The summed E-state index contributed by atoms with van der Waals surface area (Å²) in [5, 5.41) is 15.5. The molecule has 0 saturated heterocycles. The van der Waals surface area contributed by atoms with Crippen molar-refractivity contribution >= 4 is 0 Å². The fraction of sp³-hybridized carbons (Fsp3) is 0. The Balaban J connectivity index is 3.75. The summed E-state index contributed by atoms with van der Waals surface area (Å²) in [6.07, 6.45) is 0. The van der Waals surface area contributed by atoms with Crippen molar-refractivity contribution in [3.63, 3.8) is 0 Å². The molecule has 0 aromatic carbocycles. The fourth-order valence-corrected chi connectivity index (χ4v) is 0.0250. The Hall–Kier alpha value is -1.28. The first-order valence-electron chi connectivity index (χ1n) is 1.30. The quantitative estimate of drug-likeness (QED) is 0.398. The highest BCUT2D eigenvalue weighted by Crippen LogP contribution is 1.75. The Morgan fingerprint density at radius 2 is 1.67 bits per heavy atom. The topological polar surface area (TPSA) is 47.6 Å². The molecule has 2 heteroatoms. The molecule has 0 saturated carbocycles. The zero-order valence-electron chi connectivity index (χ0n) is 3.10. The van der Waals surface area contributed by atoms with Crippen LogP contribution in [-0.4, -0.2) is 0 Å². The molecule has 0 fully saturated rings. The molecule has 0 unspecified atom stereocenters. The first kappa shape index (κ1) is 4.72. The van der Waals surface area contributed by atoms with E-state index in [1.54, 1.807) is 12.1 Å². The summed E-state index contributed by atoms with van der Waals surface area (Å²) in [6, 6.07) is 3.12. The zero-order valence-corrected chi connectivity index (χ0v) is 3.10. The first-order chi connectivity index (χ1) is 2.81. The average molecular weight is 78.1 g/mol. The lowest BCUT2D eigenvalue weighted by Gasteiger charge is -1.58. The largest absolute Gasteiger partial charge is 0.192 e. The third kappa shape index (κ3) is 1.09. The molecule has 0 aromatic rings. The van der Waals surface area contributed by atoms with E-state index in [9.17, 15) is 0 Å². The normalized spacial score (nSPS) is 5.00. The molecule has 0 N–H and O–H groups in total. The standard InChI is InChI=1S/C4H2N2/c1-4(2-5)3-6/h1H2. The monoisotopic (exact) mass is 78.0 g/mol. The molecule has 0 aliphatic rings.